The highest BCUT2D eigenvalue weighted by Crippen LogP contribution is 2.68. The first-order chi connectivity index (χ1) is 13.5. The molecule has 0 aliphatic heterocycles. The third-order valence-corrected chi connectivity index (χ3v) is 7.65. The highest BCUT2D eigenvalue weighted by atomic mass is 35.5. The SMILES string of the molecule is C[C@@H]1[C@@H]2C[C@@H](OCCC(=O)Nc3nc4ccc(Cl)nc4n3C3CCC3)C[C@@]12C. The second-order valence-corrected chi connectivity index (χ2v) is 9.39. The number of hydrogen-bond acceptors (Lipinski definition) is 4. The van der Waals surface area contributed by atoms with E-state index in [1.807, 2.05) is 10.6 Å². The number of carbonyl (C=O) groups excluding carboxylic acids is 1. The van der Waals surface area contributed by atoms with Crippen LogP contribution in [-0.4, -0.2) is 33.2 Å². The largest absolute Gasteiger partial charge is 0.378 e. The van der Waals surface area contributed by atoms with E-state index in [2.05, 4.69) is 29.1 Å². The molecule has 0 aromatic carbocycles. The van der Waals surface area contributed by atoms with Gasteiger partial charge in [-0.2, -0.15) is 0 Å². The maximum Gasteiger partial charge on any atom is 0.229 e. The van der Waals surface area contributed by atoms with Crippen molar-refractivity contribution in [3.8, 4) is 0 Å². The van der Waals surface area contributed by atoms with Gasteiger partial charge in [-0.15, -0.1) is 0 Å². The predicted octanol–water partition coefficient (Wildman–Crippen LogP) is 4.59. The van der Waals surface area contributed by atoms with Crippen molar-refractivity contribution in [2.24, 2.45) is 17.3 Å². The lowest BCUT2D eigenvalue weighted by Crippen LogP contribution is -2.23. The van der Waals surface area contributed by atoms with Crippen LogP contribution in [0.1, 0.15) is 58.4 Å². The number of ether oxygens (including phenoxy) is 1. The first-order valence-electron chi connectivity index (χ1n) is 10.4. The van der Waals surface area contributed by atoms with Crippen LogP contribution in [0.4, 0.5) is 5.95 Å². The molecule has 3 saturated carbocycles. The summed E-state index contributed by atoms with van der Waals surface area (Å²) in [6.07, 6.45) is 6.26. The van der Waals surface area contributed by atoms with Gasteiger partial charge in [0.05, 0.1) is 19.1 Å². The second-order valence-electron chi connectivity index (χ2n) is 9.00. The Morgan fingerprint density at radius 3 is 2.89 bits per heavy atom. The molecular formula is C21H27ClN4O2. The summed E-state index contributed by atoms with van der Waals surface area (Å²) in [5, 5.41) is 3.42. The Labute approximate surface area is 170 Å². The molecule has 3 aliphatic carbocycles. The maximum atomic E-state index is 12.5. The Kier molecular flexibility index (Phi) is 4.40. The summed E-state index contributed by atoms with van der Waals surface area (Å²) < 4.78 is 8.03. The van der Waals surface area contributed by atoms with Gasteiger partial charge in [0.25, 0.3) is 0 Å². The minimum atomic E-state index is -0.0651. The summed E-state index contributed by atoms with van der Waals surface area (Å²) in [6.45, 7) is 5.16. The Morgan fingerprint density at radius 1 is 1.39 bits per heavy atom. The first-order valence-corrected chi connectivity index (χ1v) is 10.8. The van der Waals surface area contributed by atoms with Gasteiger partial charge in [0.2, 0.25) is 11.9 Å². The molecule has 1 N–H and O–H groups in total. The standard InChI is InChI=1S/C21H27ClN4O2/c1-12-15-10-14(11-21(12,15)2)28-9-8-18(27)25-20-23-16-6-7-17(22)24-19(16)26(20)13-4-3-5-13/h6-7,12-15H,3-5,8-11H2,1-2H3,(H,23,25,27)/t12-,14-,15+,21+/m1/s1. The van der Waals surface area contributed by atoms with Crippen LogP contribution in [0, 0.1) is 17.3 Å². The highest BCUT2D eigenvalue weighted by Gasteiger charge is 2.63. The zero-order valence-electron chi connectivity index (χ0n) is 16.4. The summed E-state index contributed by atoms with van der Waals surface area (Å²) in [4.78, 5) is 21.5. The molecule has 6 nitrogen and oxygen atoms in total. The lowest BCUT2D eigenvalue weighted by molar-refractivity contribution is -0.117. The van der Waals surface area contributed by atoms with E-state index in [9.17, 15) is 4.79 Å². The van der Waals surface area contributed by atoms with Crippen molar-refractivity contribution in [3.63, 3.8) is 0 Å². The highest BCUT2D eigenvalue weighted by molar-refractivity contribution is 6.29. The van der Waals surface area contributed by atoms with E-state index in [-0.39, 0.29) is 5.91 Å². The summed E-state index contributed by atoms with van der Waals surface area (Å²) >= 11 is 6.08. The van der Waals surface area contributed by atoms with Gasteiger partial charge in [-0.25, -0.2) is 9.97 Å². The Morgan fingerprint density at radius 2 is 2.21 bits per heavy atom. The number of pyridine rings is 1. The molecule has 2 aromatic heterocycles. The molecule has 1 amide bonds. The van der Waals surface area contributed by atoms with Gasteiger partial charge < -0.3 is 4.74 Å². The summed E-state index contributed by atoms with van der Waals surface area (Å²) in [5.74, 6) is 2.15. The van der Waals surface area contributed by atoms with Gasteiger partial charge in [0.1, 0.15) is 10.7 Å². The summed E-state index contributed by atoms with van der Waals surface area (Å²) in [6, 6.07) is 3.91. The van der Waals surface area contributed by atoms with Gasteiger partial charge in [-0.3, -0.25) is 14.7 Å². The molecule has 3 aliphatic rings. The number of amides is 1. The van der Waals surface area contributed by atoms with Crippen molar-refractivity contribution in [2.45, 2.75) is 64.5 Å². The van der Waals surface area contributed by atoms with Gasteiger partial charge in [-0.1, -0.05) is 25.4 Å². The van der Waals surface area contributed by atoms with Gasteiger partial charge in [0.15, 0.2) is 5.65 Å². The van der Waals surface area contributed by atoms with E-state index in [0.29, 0.717) is 41.7 Å². The second kappa shape index (κ2) is 6.70. The molecule has 7 heteroatoms. The Balaban J connectivity index is 1.21. The molecule has 0 unspecified atom stereocenters. The fraction of sp³-hybridized carbons (Fsp3) is 0.667. The topological polar surface area (TPSA) is 69.0 Å². The third kappa shape index (κ3) is 3.01. The molecule has 0 radical (unpaired) electrons. The number of carbonyl (C=O) groups is 1. The van der Waals surface area contributed by atoms with Crippen LogP contribution in [0.25, 0.3) is 11.2 Å². The van der Waals surface area contributed by atoms with Crippen molar-refractivity contribution in [1.29, 1.82) is 0 Å². The van der Waals surface area contributed by atoms with E-state index < -0.39 is 0 Å². The quantitative estimate of drug-likeness (QED) is 0.717. The van der Waals surface area contributed by atoms with Crippen LogP contribution in [0.15, 0.2) is 12.1 Å². The van der Waals surface area contributed by atoms with Crippen molar-refractivity contribution in [3.05, 3.63) is 17.3 Å². The maximum absolute atomic E-state index is 12.5. The molecule has 2 aromatic rings. The number of nitrogens with zero attached hydrogens (tertiary/aromatic N) is 3. The number of halogens is 1. The van der Waals surface area contributed by atoms with Crippen LogP contribution in [0.2, 0.25) is 5.15 Å². The number of fused-ring (bicyclic) bond motifs is 2. The number of anilines is 1. The molecular weight excluding hydrogens is 376 g/mol. The minimum Gasteiger partial charge on any atom is -0.378 e. The van der Waals surface area contributed by atoms with Gasteiger partial charge >= 0.3 is 0 Å². The summed E-state index contributed by atoms with van der Waals surface area (Å²) in [7, 11) is 0. The average Bonchev–Trinajstić information content (AvgIpc) is 2.91. The van der Waals surface area contributed by atoms with E-state index in [1.165, 1.54) is 6.42 Å². The Bertz CT molecular complexity index is 925. The van der Waals surface area contributed by atoms with E-state index in [4.69, 9.17) is 16.3 Å². The molecule has 2 heterocycles. The molecule has 0 spiro atoms. The number of aromatic nitrogens is 3. The van der Waals surface area contributed by atoms with Gasteiger partial charge in [0, 0.05) is 6.04 Å². The third-order valence-electron chi connectivity index (χ3n) is 7.44. The van der Waals surface area contributed by atoms with Crippen LogP contribution in [-0.2, 0) is 9.53 Å². The number of imidazole rings is 1. The summed E-state index contributed by atoms with van der Waals surface area (Å²) in [5.41, 5.74) is 1.99. The van der Waals surface area contributed by atoms with Gasteiger partial charge in [-0.05, 0) is 61.5 Å². The van der Waals surface area contributed by atoms with Crippen molar-refractivity contribution in [2.75, 3.05) is 11.9 Å². The molecule has 4 atom stereocenters. The fourth-order valence-electron chi connectivity index (χ4n) is 5.24. The number of hydrogen-bond donors (Lipinski definition) is 1. The van der Waals surface area contributed by atoms with E-state index in [1.54, 1.807) is 6.07 Å². The van der Waals surface area contributed by atoms with Crippen LogP contribution in [0.5, 0.6) is 0 Å². The molecule has 0 saturated heterocycles. The average molecular weight is 403 g/mol. The predicted molar refractivity (Wildman–Crippen MR) is 108 cm³/mol. The van der Waals surface area contributed by atoms with Crippen LogP contribution >= 0.6 is 11.6 Å². The minimum absolute atomic E-state index is 0.0651. The van der Waals surface area contributed by atoms with Crippen molar-refractivity contribution in [1.82, 2.24) is 14.5 Å². The zero-order chi connectivity index (χ0) is 19.5. The zero-order valence-corrected chi connectivity index (χ0v) is 17.2. The first kappa shape index (κ1) is 18.4. The lowest BCUT2D eigenvalue weighted by atomic mass is 9.93. The lowest BCUT2D eigenvalue weighted by Gasteiger charge is -2.28. The van der Waals surface area contributed by atoms with Crippen LogP contribution in [0.3, 0.4) is 0 Å². The molecule has 5 rings (SSSR count). The monoisotopic (exact) mass is 402 g/mol. The molecule has 28 heavy (non-hydrogen) atoms. The van der Waals surface area contributed by atoms with Crippen molar-refractivity contribution < 1.29 is 9.53 Å². The molecule has 3 fully saturated rings. The van der Waals surface area contributed by atoms with E-state index in [0.717, 1.165) is 48.7 Å². The van der Waals surface area contributed by atoms with E-state index >= 15 is 0 Å². The molecule has 0 bridgehead atoms. The number of nitrogens with one attached hydrogen (secondary N) is 1. The normalized spacial score (nSPS) is 31.6. The smallest absolute Gasteiger partial charge is 0.229 e. The Hall–Kier alpha value is -1.66. The fourth-order valence-corrected chi connectivity index (χ4v) is 5.38. The van der Waals surface area contributed by atoms with Crippen LogP contribution < -0.4 is 5.32 Å². The van der Waals surface area contributed by atoms with Crippen molar-refractivity contribution >= 4 is 34.6 Å². The molecule has 150 valence electrons. The number of rotatable bonds is 6.